The number of benzene rings is 1. The van der Waals surface area contributed by atoms with Gasteiger partial charge in [0, 0.05) is 18.8 Å². The first kappa shape index (κ1) is 17.1. The fraction of sp³-hybridized carbons (Fsp3) is 0.368. The molecule has 1 aromatic carbocycles. The molecule has 7 heteroatoms. The molecule has 0 radical (unpaired) electrons. The quantitative estimate of drug-likeness (QED) is 0.602. The highest BCUT2D eigenvalue weighted by Crippen LogP contribution is 2.28. The van der Waals surface area contributed by atoms with Crippen LogP contribution in [0, 0.1) is 5.82 Å². The van der Waals surface area contributed by atoms with Gasteiger partial charge in [-0.2, -0.15) is 0 Å². The summed E-state index contributed by atoms with van der Waals surface area (Å²) in [5.74, 6) is 2.06. The molecule has 0 spiro atoms. The van der Waals surface area contributed by atoms with Crippen molar-refractivity contribution in [2.75, 3.05) is 18.0 Å². The molecule has 0 amide bonds. The van der Waals surface area contributed by atoms with Crippen molar-refractivity contribution in [3.8, 4) is 0 Å². The molecule has 0 atom stereocenters. The van der Waals surface area contributed by atoms with E-state index in [4.69, 9.17) is 4.42 Å². The summed E-state index contributed by atoms with van der Waals surface area (Å²) in [7, 11) is 0. The van der Waals surface area contributed by atoms with E-state index in [-0.39, 0.29) is 5.82 Å². The van der Waals surface area contributed by atoms with Crippen molar-refractivity contribution in [2.24, 2.45) is 0 Å². The maximum atomic E-state index is 13.9. The van der Waals surface area contributed by atoms with Gasteiger partial charge in [-0.1, -0.05) is 30.0 Å². The van der Waals surface area contributed by atoms with Crippen LogP contribution in [0.1, 0.15) is 30.6 Å². The number of piperidine rings is 1. The van der Waals surface area contributed by atoms with Crippen LogP contribution in [0.25, 0.3) is 0 Å². The number of nitrogens with zero attached hydrogens (tertiary/aromatic N) is 4. The molecule has 0 unspecified atom stereocenters. The zero-order valence-electron chi connectivity index (χ0n) is 14.5. The lowest BCUT2D eigenvalue weighted by Gasteiger charge is -2.27. The van der Waals surface area contributed by atoms with E-state index in [0.717, 1.165) is 30.0 Å². The summed E-state index contributed by atoms with van der Waals surface area (Å²) in [5.41, 5.74) is 0.671. The lowest BCUT2D eigenvalue weighted by molar-refractivity contribution is 0.479. The molecule has 1 saturated heterocycles. The lowest BCUT2D eigenvalue weighted by atomic mass is 10.1. The van der Waals surface area contributed by atoms with Crippen LogP contribution in [-0.2, 0) is 12.3 Å². The predicted octanol–water partition coefficient (Wildman–Crippen LogP) is 4.34. The summed E-state index contributed by atoms with van der Waals surface area (Å²) in [5, 5.41) is 9.61. The standard InChI is InChI=1S/C19H21FN4OS/c20-17-9-3-2-7-15(17)14-26-19-22-21-18(23-10-4-1-5-11-23)24(19)13-16-8-6-12-25-16/h2-3,6-9,12H,1,4-5,10-11,13-14H2. The number of furan rings is 1. The van der Waals surface area contributed by atoms with E-state index in [2.05, 4.69) is 19.7 Å². The van der Waals surface area contributed by atoms with Crippen molar-refractivity contribution in [3.05, 3.63) is 59.8 Å². The smallest absolute Gasteiger partial charge is 0.228 e. The maximum absolute atomic E-state index is 13.9. The first-order valence-electron chi connectivity index (χ1n) is 8.88. The molecule has 0 bridgehead atoms. The van der Waals surface area contributed by atoms with Crippen LogP contribution in [-0.4, -0.2) is 27.9 Å². The van der Waals surface area contributed by atoms with Crippen LogP contribution in [0.5, 0.6) is 0 Å². The minimum atomic E-state index is -0.187. The summed E-state index contributed by atoms with van der Waals surface area (Å²) < 4.78 is 21.5. The van der Waals surface area contributed by atoms with Crippen molar-refractivity contribution in [1.29, 1.82) is 0 Å². The van der Waals surface area contributed by atoms with Crippen LogP contribution in [0.4, 0.5) is 10.3 Å². The highest BCUT2D eigenvalue weighted by atomic mass is 32.2. The van der Waals surface area contributed by atoms with Gasteiger partial charge in [0.25, 0.3) is 0 Å². The molecule has 136 valence electrons. The summed E-state index contributed by atoms with van der Waals surface area (Å²) in [4.78, 5) is 2.28. The van der Waals surface area contributed by atoms with E-state index in [9.17, 15) is 4.39 Å². The minimum absolute atomic E-state index is 0.187. The Balaban J connectivity index is 1.58. The van der Waals surface area contributed by atoms with Gasteiger partial charge in [0.1, 0.15) is 11.6 Å². The minimum Gasteiger partial charge on any atom is -0.467 e. The molecule has 26 heavy (non-hydrogen) atoms. The highest BCUT2D eigenvalue weighted by molar-refractivity contribution is 7.98. The second kappa shape index (κ2) is 7.95. The summed E-state index contributed by atoms with van der Waals surface area (Å²) in [6.45, 7) is 2.56. The number of aromatic nitrogens is 3. The summed E-state index contributed by atoms with van der Waals surface area (Å²) in [6, 6.07) is 10.7. The Morgan fingerprint density at radius 2 is 1.88 bits per heavy atom. The highest BCUT2D eigenvalue weighted by Gasteiger charge is 2.21. The lowest BCUT2D eigenvalue weighted by Crippen LogP contribution is -2.32. The van der Waals surface area contributed by atoms with Gasteiger partial charge < -0.3 is 9.32 Å². The van der Waals surface area contributed by atoms with E-state index < -0.39 is 0 Å². The van der Waals surface area contributed by atoms with Gasteiger partial charge in [-0.3, -0.25) is 4.57 Å². The third-order valence-electron chi connectivity index (χ3n) is 4.54. The van der Waals surface area contributed by atoms with Gasteiger partial charge in [0.05, 0.1) is 12.8 Å². The Morgan fingerprint density at radius 3 is 2.65 bits per heavy atom. The van der Waals surface area contributed by atoms with Crippen LogP contribution < -0.4 is 4.90 Å². The number of hydrogen-bond donors (Lipinski definition) is 0. The van der Waals surface area contributed by atoms with Crippen LogP contribution in [0.2, 0.25) is 0 Å². The van der Waals surface area contributed by atoms with Gasteiger partial charge in [-0.05, 0) is 43.0 Å². The van der Waals surface area contributed by atoms with Crippen molar-refractivity contribution < 1.29 is 8.81 Å². The molecular weight excluding hydrogens is 351 g/mol. The van der Waals surface area contributed by atoms with Gasteiger partial charge in [0.15, 0.2) is 5.16 Å². The molecule has 3 heterocycles. The van der Waals surface area contributed by atoms with Crippen LogP contribution >= 0.6 is 11.8 Å². The Hall–Kier alpha value is -2.28. The zero-order valence-corrected chi connectivity index (χ0v) is 15.3. The molecule has 5 nitrogen and oxygen atoms in total. The maximum Gasteiger partial charge on any atom is 0.228 e. The Bertz CT molecular complexity index is 843. The summed E-state index contributed by atoms with van der Waals surface area (Å²) in [6.07, 6.45) is 5.28. The number of hydrogen-bond acceptors (Lipinski definition) is 5. The second-order valence-corrected chi connectivity index (χ2v) is 7.32. The average Bonchev–Trinajstić information content (AvgIpc) is 3.32. The van der Waals surface area contributed by atoms with Crippen molar-refractivity contribution in [3.63, 3.8) is 0 Å². The topological polar surface area (TPSA) is 47.1 Å². The summed E-state index contributed by atoms with van der Waals surface area (Å²) >= 11 is 1.50. The SMILES string of the molecule is Fc1ccccc1CSc1nnc(N2CCCCC2)n1Cc1ccco1. The third-order valence-corrected chi connectivity index (χ3v) is 5.56. The predicted molar refractivity (Wildman–Crippen MR) is 99.9 cm³/mol. The van der Waals surface area contributed by atoms with Crippen LogP contribution in [0.15, 0.2) is 52.2 Å². The Kier molecular flexibility index (Phi) is 5.24. The van der Waals surface area contributed by atoms with E-state index in [0.29, 0.717) is 17.9 Å². The van der Waals surface area contributed by atoms with Crippen molar-refractivity contribution in [2.45, 2.75) is 36.7 Å². The molecule has 1 fully saturated rings. The number of rotatable bonds is 6. The molecule has 2 aromatic heterocycles. The molecule has 4 rings (SSSR count). The van der Waals surface area contributed by atoms with Crippen molar-refractivity contribution >= 4 is 17.7 Å². The normalized spacial score (nSPS) is 14.7. The molecular formula is C19H21FN4OS. The van der Waals surface area contributed by atoms with Gasteiger partial charge in [0.2, 0.25) is 5.95 Å². The third kappa shape index (κ3) is 3.77. The molecule has 1 aliphatic heterocycles. The van der Waals surface area contributed by atoms with E-state index in [1.54, 1.807) is 18.4 Å². The van der Waals surface area contributed by atoms with Crippen LogP contribution in [0.3, 0.4) is 0 Å². The average molecular weight is 372 g/mol. The largest absolute Gasteiger partial charge is 0.467 e. The molecule has 3 aromatic rings. The first-order valence-corrected chi connectivity index (χ1v) is 9.86. The Labute approximate surface area is 156 Å². The second-order valence-electron chi connectivity index (χ2n) is 6.38. The van der Waals surface area contributed by atoms with Gasteiger partial charge in [-0.15, -0.1) is 10.2 Å². The van der Waals surface area contributed by atoms with Gasteiger partial charge in [-0.25, -0.2) is 4.39 Å². The molecule has 1 aliphatic rings. The Morgan fingerprint density at radius 1 is 1.04 bits per heavy atom. The zero-order chi connectivity index (χ0) is 17.8. The monoisotopic (exact) mass is 372 g/mol. The number of anilines is 1. The molecule has 0 N–H and O–H groups in total. The fourth-order valence-electron chi connectivity index (χ4n) is 3.17. The number of halogens is 1. The molecule has 0 aliphatic carbocycles. The van der Waals surface area contributed by atoms with E-state index in [1.165, 1.54) is 37.1 Å². The van der Waals surface area contributed by atoms with Gasteiger partial charge >= 0.3 is 0 Å². The van der Waals surface area contributed by atoms with Crippen molar-refractivity contribution in [1.82, 2.24) is 14.8 Å². The van der Waals surface area contributed by atoms with E-state index in [1.807, 2.05) is 18.2 Å². The first-order chi connectivity index (χ1) is 12.8. The molecule has 0 saturated carbocycles. The van der Waals surface area contributed by atoms with E-state index >= 15 is 0 Å². The number of thioether (sulfide) groups is 1. The fourth-order valence-corrected chi connectivity index (χ4v) is 4.09.